The zero-order valence-corrected chi connectivity index (χ0v) is 10.4. The molecule has 3 N–H and O–H groups in total. The van der Waals surface area contributed by atoms with E-state index in [9.17, 15) is 5.11 Å². The van der Waals surface area contributed by atoms with Gasteiger partial charge >= 0.3 is 0 Å². The fourth-order valence-electron chi connectivity index (χ4n) is 2.90. The van der Waals surface area contributed by atoms with Crippen molar-refractivity contribution in [2.24, 2.45) is 0 Å². The van der Waals surface area contributed by atoms with Gasteiger partial charge in [0.2, 0.25) is 0 Å². The first-order chi connectivity index (χ1) is 8.69. The zero-order valence-electron chi connectivity index (χ0n) is 10.4. The normalized spacial score (nSPS) is 29.6. The lowest BCUT2D eigenvalue weighted by Crippen LogP contribution is -2.46. The smallest absolute Gasteiger partial charge is 0.0862 e. The molecule has 6 heteroatoms. The highest BCUT2D eigenvalue weighted by Gasteiger charge is 2.34. The summed E-state index contributed by atoms with van der Waals surface area (Å²) in [5.74, 6) is 0. The molecule has 3 rings (SSSR count). The van der Waals surface area contributed by atoms with Gasteiger partial charge in [0.15, 0.2) is 0 Å². The highest BCUT2D eigenvalue weighted by atomic mass is 16.5. The number of morpholine rings is 1. The Balaban J connectivity index is 1.50. The Bertz CT molecular complexity index is 397. The number of aliphatic hydroxyl groups excluding tert-OH is 1. The summed E-state index contributed by atoms with van der Waals surface area (Å²) in [6.45, 7) is 3.05. The highest BCUT2D eigenvalue weighted by molar-refractivity contribution is 5.30. The van der Waals surface area contributed by atoms with Gasteiger partial charge in [-0.3, -0.25) is 9.58 Å². The van der Waals surface area contributed by atoms with Crippen LogP contribution in [0.5, 0.6) is 0 Å². The molecule has 1 aromatic rings. The van der Waals surface area contributed by atoms with Gasteiger partial charge in [-0.2, -0.15) is 5.10 Å². The van der Waals surface area contributed by atoms with Crippen LogP contribution in [0.4, 0.5) is 5.69 Å². The molecule has 3 heterocycles. The maximum absolute atomic E-state index is 10.1. The number of aliphatic hydroxyl groups is 1. The average Bonchev–Trinajstić information content (AvgIpc) is 2.85. The predicted molar refractivity (Wildman–Crippen MR) is 67.0 cm³/mol. The van der Waals surface area contributed by atoms with E-state index in [0.717, 1.165) is 25.9 Å². The Labute approximate surface area is 106 Å². The van der Waals surface area contributed by atoms with Crippen LogP contribution in [-0.4, -0.2) is 57.7 Å². The molecular weight excluding hydrogens is 232 g/mol. The summed E-state index contributed by atoms with van der Waals surface area (Å²) in [6, 6.07) is 0. The summed E-state index contributed by atoms with van der Waals surface area (Å²) in [4.78, 5) is 2.29. The van der Waals surface area contributed by atoms with Crippen molar-refractivity contribution >= 4 is 5.69 Å². The van der Waals surface area contributed by atoms with E-state index in [0.29, 0.717) is 31.0 Å². The molecule has 2 bridgehead atoms. The van der Waals surface area contributed by atoms with E-state index in [-0.39, 0.29) is 0 Å². The van der Waals surface area contributed by atoms with Gasteiger partial charge in [0.25, 0.3) is 0 Å². The van der Waals surface area contributed by atoms with E-state index in [2.05, 4.69) is 10.00 Å². The van der Waals surface area contributed by atoms with Crippen molar-refractivity contribution in [3.63, 3.8) is 0 Å². The number of likely N-dealkylation sites (tertiary alicyclic amines) is 1. The minimum Gasteiger partial charge on any atom is -0.396 e. The first-order valence-electron chi connectivity index (χ1n) is 6.53. The van der Waals surface area contributed by atoms with Crippen LogP contribution in [0.15, 0.2) is 12.4 Å². The number of hydrogen-bond acceptors (Lipinski definition) is 5. The summed E-state index contributed by atoms with van der Waals surface area (Å²) in [5, 5.41) is 14.2. The second-order valence-corrected chi connectivity index (χ2v) is 5.33. The van der Waals surface area contributed by atoms with E-state index in [1.807, 2.05) is 0 Å². The molecule has 3 unspecified atom stereocenters. The number of hydrogen-bond donors (Lipinski definition) is 2. The molecule has 3 atom stereocenters. The van der Waals surface area contributed by atoms with Crippen LogP contribution in [-0.2, 0) is 11.3 Å². The Morgan fingerprint density at radius 1 is 1.39 bits per heavy atom. The van der Waals surface area contributed by atoms with Gasteiger partial charge in [0.1, 0.15) is 0 Å². The van der Waals surface area contributed by atoms with Gasteiger partial charge in [-0.05, 0) is 12.8 Å². The van der Waals surface area contributed by atoms with Crippen molar-refractivity contribution in [1.29, 1.82) is 0 Å². The van der Waals surface area contributed by atoms with Crippen LogP contribution in [0.3, 0.4) is 0 Å². The molecule has 18 heavy (non-hydrogen) atoms. The number of β-amino-alcohol motifs (C(OH)–C–C–N with tert-alkyl or cyclic N) is 1. The second kappa shape index (κ2) is 4.87. The van der Waals surface area contributed by atoms with Crippen LogP contribution in [0.25, 0.3) is 0 Å². The minimum absolute atomic E-state index is 0.372. The third-order valence-electron chi connectivity index (χ3n) is 3.64. The SMILES string of the molecule is Nc1cnn(CC(O)CN2CC3CCC(C2)O3)c1. The largest absolute Gasteiger partial charge is 0.396 e. The summed E-state index contributed by atoms with van der Waals surface area (Å²) in [7, 11) is 0. The third kappa shape index (κ3) is 2.66. The average molecular weight is 252 g/mol. The number of fused-ring (bicyclic) bond motifs is 2. The molecule has 0 aromatic carbocycles. The summed E-state index contributed by atoms with van der Waals surface area (Å²) >= 11 is 0. The Morgan fingerprint density at radius 2 is 2.11 bits per heavy atom. The predicted octanol–water partition coefficient (Wildman–Crippen LogP) is -0.311. The third-order valence-corrected chi connectivity index (χ3v) is 3.64. The summed E-state index contributed by atoms with van der Waals surface area (Å²) in [5.41, 5.74) is 6.22. The quantitative estimate of drug-likeness (QED) is 0.768. The van der Waals surface area contributed by atoms with E-state index in [4.69, 9.17) is 10.5 Å². The van der Waals surface area contributed by atoms with Gasteiger partial charge in [-0.15, -0.1) is 0 Å². The molecule has 6 nitrogen and oxygen atoms in total. The van der Waals surface area contributed by atoms with Crippen molar-refractivity contribution < 1.29 is 9.84 Å². The topological polar surface area (TPSA) is 76.5 Å². The maximum atomic E-state index is 10.1. The van der Waals surface area contributed by atoms with E-state index >= 15 is 0 Å². The molecular formula is C12H20N4O2. The molecule has 0 amide bonds. The number of nitrogen functional groups attached to an aromatic ring is 1. The fraction of sp³-hybridized carbons (Fsp3) is 0.750. The molecule has 1 aromatic heterocycles. The zero-order chi connectivity index (χ0) is 12.5. The minimum atomic E-state index is -0.415. The van der Waals surface area contributed by atoms with Gasteiger partial charge in [-0.1, -0.05) is 0 Å². The van der Waals surface area contributed by atoms with Crippen molar-refractivity contribution in [2.75, 3.05) is 25.4 Å². The maximum Gasteiger partial charge on any atom is 0.0862 e. The Kier molecular flexibility index (Phi) is 3.23. The Morgan fingerprint density at radius 3 is 2.72 bits per heavy atom. The number of aromatic nitrogens is 2. The van der Waals surface area contributed by atoms with Crippen LogP contribution in [0.1, 0.15) is 12.8 Å². The van der Waals surface area contributed by atoms with Gasteiger partial charge in [0.05, 0.1) is 36.7 Å². The molecule has 2 fully saturated rings. The monoisotopic (exact) mass is 252 g/mol. The van der Waals surface area contributed by atoms with Crippen molar-refractivity contribution in [2.45, 2.75) is 37.7 Å². The number of ether oxygens (including phenoxy) is 1. The molecule has 2 aliphatic heterocycles. The molecule has 0 spiro atoms. The molecule has 2 aliphatic rings. The number of nitrogens with two attached hydrogens (primary N) is 1. The lowest BCUT2D eigenvalue weighted by molar-refractivity contribution is -0.0508. The highest BCUT2D eigenvalue weighted by Crippen LogP contribution is 2.26. The Hall–Kier alpha value is -1.11. The first-order valence-corrected chi connectivity index (χ1v) is 6.53. The first kappa shape index (κ1) is 12.0. The molecule has 2 saturated heterocycles. The van der Waals surface area contributed by atoms with E-state index in [1.54, 1.807) is 17.1 Å². The van der Waals surface area contributed by atoms with Crippen molar-refractivity contribution in [1.82, 2.24) is 14.7 Å². The van der Waals surface area contributed by atoms with Crippen molar-refractivity contribution in [3.8, 4) is 0 Å². The summed E-state index contributed by atoms with van der Waals surface area (Å²) < 4.78 is 7.46. The lowest BCUT2D eigenvalue weighted by atomic mass is 10.2. The summed E-state index contributed by atoms with van der Waals surface area (Å²) in [6.07, 6.45) is 5.99. The fourth-order valence-corrected chi connectivity index (χ4v) is 2.90. The van der Waals surface area contributed by atoms with Gasteiger partial charge < -0.3 is 15.6 Å². The van der Waals surface area contributed by atoms with Crippen LogP contribution in [0.2, 0.25) is 0 Å². The second-order valence-electron chi connectivity index (χ2n) is 5.33. The number of anilines is 1. The molecule has 100 valence electrons. The van der Waals surface area contributed by atoms with E-state index < -0.39 is 6.10 Å². The standard InChI is InChI=1S/C12H20N4O2/c13-9-3-14-16(4-9)6-10(17)5-15-7-11-1-2-12(8-15)18-11/h3-4,10-12,17H,1-2,5-8,13H2. The van der Waals surface area contributed by atoms with Crippen LogP contribution < -0.4 is 5.73 Å². The van der Waals surface area contributed by atoms with Gasteiger partial charge in [0, 0.05) is 25.8 Å². The molecule has 0 aliphatic carbocycles. The van der Waals surface area contributed by atoms with Crippen molar-refractivity contribution in [3.05, 3.63) is 12.4 Å². The molecule has 0 radical (unpaired) electrons. The van der Waals surface area contributed by atoms with Crippen LogP contribution >= 0.6 is 0 Å². The van der Waals surface area contributed by atoms with E-state index in [1.165, 1.54) is 0 Å². The lowest BCUT2D eigenvalue weighted by Gasteiger charge is -2.33. The molecule has 0 saturated carbocycles. The number of nitrogens with zero attached hydrogens (tertiary/aromatic N) is 3. The van der Waals surface area contributed by atoms with Gasteiger partial charge in [-0.25, -0.2) is 0 Å². The van der Waals surface area contributed by atoms with Crippen LogP contribution in [0, 0.1) is 0 Å². The number of rotatable bonds is 4.